The lowest BCUT2D eigenvalue weighted by Gasteiger charge is -2.33. The van der Waals surface area contributed by atoms with Gasteiger partial charge in [0.2, 0.25) is 16.0 Å². The highest BCUT2D eigenvalue weighted by Gasteiger charge is 2.25. The predicted octanol–water partition coefficient (Wildman–Crippen LogP) is 5.79. The van der Waals surface area contributed by atoms with E-state index in [-0.39, 0.29) is 35.0 Å². The van der Waals surface area contributed by atoms with Crippen LogP contribution in [0.3, 0.4) is 0 Å². The third-order valence-electron chi connectivity index (χ3n) is 8.78. The first-order chi connectivity index (χ1) is 20.0. The zero-order valence-electron chi connectivity index (χ0n) is 25.1. The van der Waals surface area contributed by atoms with Crippen LogP contribution in [-0.4, -0.2) is 59.8 Å². The lowest BCUT2D eigenvalue weighted by atomic mass is 9.91. The number of sulfonamides is 1. The Labute approximate surface area is 248 Å². The van der Waals surface area contributed by atoms with Gasteiger partial charge < -0.3 is 10.2 Å². The van der Waals surface area contributed by atoms with Crippen molar-refractivity contribution in [2.45, 2.75) is 89.8 Å². The van der Waals surface area contributed by atoms with Gasteiger partial charge in [-0.3, -0.25) is 14.1 Å². The summed E-state index contributed by atoms with van der Waals surface area (Å²) in [7, 11) is 0.545. The summed E-state index contributed by atoms with van der Waals surface area (Å²) in [6.07, 6.45) is 10.9. The normalized spacial score (nSPS) is 20.4. The van der Waals surface area contributed by atoms with Gasteiger partial charge in [-0.2, -0.15) is 4.98 Å². The number of halogens is 1. The molecule has 42 heavy (non-hydrogen) atoms. The van der Waals surface area contributed by atoms with E-state index in [1.165, 1.54) is 12.1 Å². The molecule has 5 rings (SSSR count). The van der Waals surface area contributed by atoms with Gasteiger partial charge in [0, 0.05) is 35.3 Å². The summed E-state index contributed by atoms with van der Waals surface area (Å²) in [5.74, 6) is -0.142. The van der Waals surface area contributed by atoms with Crippen molar-refractivity contribution in [3.8, 4) is 11.1 Å². The summed E-state index contributed by atoms with van der Waals surface area (Å²) in [4.78, 5) is 25.3. The van der Waals surface area contributed by atoms with Crippen LogP contribution in [0.15, 0.2) is 35.3 Å². The van der Waals surface area contributed by atoms with E-state index in [0.29, 0.717) is 34.2 Å². The van der Waals surface area contributed by atoms with E-state index < -0.39 is 15.8 Å². The van der Waals surface area contributed by atoms with Crippen LogP contribution >= 0.6 is 0 Å². The molecule has 0 saturated heterocycles. The van der Waals surface area contributed by atoms with Crippen molar-refractivity contribution in [2.75, 3.05) is 29.9 Å². The van der Waals surface area contributed by atoms with Gasteiger partial charge in [-0.05, 0) is 96.1 Å². The minimum atomic E-state index is -3.69. The van der Waals surface area contributed by atoms with Gasteiger partial charge in [-0.1, -0.05) is 25.3 Å². The van der Waals surface area contributed by atoms with Crippen molar-refractivity contribution in [3.63, 3.8) is 0 Å². The lowest BCUT2D eigenvalue weighted by molar-refractivity contribution is 0.221. The van der Waals surface area contributed by atoms with Crippen molar-refractivity contribution < 1.29 is 12.8 Å². The van der Waals surface area contributed by atoms with Crippen LogP contribution in [0.1, 0.15) is 77.7 Å². The summed E-state index contributed by atoms with van der Waals surface area (Å²) in [6, 6.07) is 6.53. The Kier molecular flexibility index (Phi) is 9.17. The van der Waals surface area contributed by atoms with Crippen molar-refractivity contribution in [2.24, 2.45) is 5.92 Å². The fourth-order valence-electron chi connectivity index (χ4n) is 6.43. The number of anilines is 2. The maximum Gasteiger partial charge on any atom is 0.260 e. The highest BCUT2D eigenvalue weighted by Crippen LogP contribution is 2.29. The Morgan fingerprint density at radius 3 is 2.40 bits per heavy atom. The molecule has 2 aromatic heterocycles. The summed E-state index contributed by atoms with van der Waals surface area (Å²) in [5.41, 5.74) is 0.782. The average Bonchev–Trinajstić information content (AvgIpc) is 2.94. The zero-order valence-corrected chi connectivity index (χ0v) is 25.9. The highest BCUT2D eigenvalue weighted by molar-refractivity contribution is 7.92. The molecular formula is C31H43FN6O3S. The van der Waals surface area contributed by atoms with Gasteiger partial charge in [0.25, 0.3) is 5.56 Å². The Morgan fingerprint density at radius 1 is 1.05 bits per heavy atom. The fourth-order valence-corrected chi connectivity index (χ4v) is 7.97. The number of benzene rings is 1. The van der Waals surface area contributed by atoms with Crippen LogP contribution in [0.2, 0.25) is 0 Å². The molecule has 3 aromatic rings. The third kappa shape index (κ3) is 6.94. The van der Waals surface area contributed by atoms with Gasteiger partial charge in [-0.25, -0.2) is 17.8 Å². The van der Waals surface area contributed by atoms with E-state index in [1.54, 1.807) is 22.9 Å². The first-order valence-electron chi connectivity index (χ1n) is 15.2. The number of hydrogen-bond acceptors (Lipinski definition) is 7. The summed E-state index contributed by atoms with van der Waals surface area (Å²) in [6.45, 7) is 3.82. The number of hydrogen-bond donors (Lipinski definition) is 2. The average molecular weight is 599 g/mol. The molecule has 0 spiro atoms. The monoisotopic (exact) mass is 598 g/mol. The molecule has 1 aromatic carbocycles. The second-order valence-corrected chi connectivity index (χ2v) is 14.3. The lowest BCUT2D eigenvalue weighted by Crippen LogP contribution is -2.36. The Bertz CT molecular complexity index is 1580. The van der Waals surface area contributed by atoms with Crippen molar-refractivity contribution in [3.05, 3.63) is 46.6 Å². The molecule has 2 aliphatic rings. The maximum absolute atomic E-state index is 15.2. The van der Waals surface area contributed by atoms with Crippen LogP contribution in [0.4, 0.5) is 16.0 Å². The molecule has 0 radical (unpaired) electrons. The van der Waals surface area contributed by atoms with Gasteiger partial charge >= 0.3 is 0 Å². The topological polar surface area (TPSA) is 109 Å². The SMILES string of the molecule is CC(C)n1c(=O)c(-c2ccc(NS(=O)(=O)CC3CCCCC3)c(F)c2)cc2cnc(N[C@H]3CC[C@H](N(C)C)CC3)nc21. The van der Waals surface area contributed by atoms with Crippen molar-refractivity contribution >= 4 is 32.7 Å². The third-order valence-corrected chi connectivity index (χ3v) is 10.2. The summed E-state index contributed by atoms with van der Waals surface area (Å²) < 4.78 is 44.7. The molecule has 2 N–H and O–H groups in total. The minimum Gasteiger partial charge on any atom is -0.351 e. The molecule has 2 aliphatic carbocycles. The van der Waals surface area contributed by atoms with E-state index in [1.807, 2.05) is 13.8 Å². The molecule has 0 bridgehead atoms. The van der Waals surface area contributed by atoms with E-state index in [2.05, 4.69) is 34.0 Å². The van der Waals surface area contributed by atoms with Crippen molar-refractivity contribution in [1.29, 1.82) is 0 Å². The van der Waals surface area contributed by atoms with E-state index in [0.717, 1.165) is 57.8 Å². The quantitative estimate of drug-likeness (QED) is 0.321. The first-order valence-corrected chi connectivity index (χ1v) is 16.8. The summed E-state index contributed by atoms with van der Waals surface area (Å²) in [5, 5.41) is 4.13. The van der Waals surface area contributed by atoms with Gasteiger partial charge in [0.15, 0.2) is 0 Å². The smallest absolute Gasteiger partial charge is 0.260 e. The Balaban J connectivity index is 1.39. The molecular weight excluding hydrogens is 555 g/mol. The Hall–Kier alpha value is -3.05. The Morgan fingerprint density at radius 2 is 1.76 bits per heavy atom. The molecule has 2 saturated carbocycles. The van der Waals surface area contributed by atoms with Crippen LogP contribution < -0.4 is 15.6 Å². The highest BCUT2D eigenvalue weighted by atomic mass is 32.2. The number of nitrogens with one attached hydrogen (secondary N) is 2. The van der Waals surface area contributed by atoms with Gasteiger partial charge in [0.05, 0.1) is 11.4 Å². The predicted molar refractivity (Wildman–Crippen MR) is 167 cm³/mol. The van der Waals surface area contributed by atoms with E-state index >= 15 is 4.39 Å². The maximum atomic E-state index is 15.2. The summed E-state index contributed by atoms with van der Waals surface area (Å²) >= 11 is 0. The molecule has 228 valence electrons. The van der Waals surface area contributed by atoms with Crippen molar-refractivity contribution in [1.82, 2.24) is 19.4 Å². The number of fused-ring (bicyclic) bond motifs is 1. The molecule has 9 nitrogen and oxygen atoms in total. The first kappa shape index (κ1) is 30.4. The molecule has 11 heteroatoms. The van der Waals surface area contributed by atoms with E-state index in [9.17, 15) is 13.2 Å². The molecule has 0 aliphatic heterocycles. The second-order valence-electron chi connectivity index (χ2n) is 12.5. The molecule has 0 amide bonds. The molecule has 2 heterocycles. The number of aromatic nitrogens is 3. The number of pyridine rings is 1. The largest absolute Gasteiger partial charge is 0.351 e. The van der Waals surface area contributed by atoms with Crippen LogP contribution in [0.5, 0.6) is 0 Å². The minimum absolute atomic E-state index is 0.00778. The fraction of sp³-hybridized carbons (Fsp3) is 0.581. The zero-order chi connectivity index (χ0) is 30.0. The van der Waals surface area contributed by atoms with Crippen LogP contribution in [0.25, 0.3) is 22.2 Å². The molecule has 2 fully saturated rings. The van der Waals surface area contributed by atoms with E-state index in [4.69, 9.17) is 4.98 Å². The van der Waals surface area contributed by atoms with Gasteiger partial charge in [-0.15, -0.1) is 0 Å². The standard InChI is InChI=1S/C31H43FN6O3S/c1-20(2)38-29-23(18-33-31(35-29)34-24-11-13-25(14-12-24)37(3)4)16-26(30(38)39)22-10-15-28(27(32)17-22)36-42(40,41)19-21-8-6-5-7-9-21/h10,15-18,20-21,24-25,36H,5-9,11-14,19H2,1-4H3,(H,33,34,35)/t24-,25-. The number of rotatable bonds is 9. The van der Waals surface area contributed by atoms with Crippen LogP contribution in [-0.2, 0) is 10.0 Å². The second kappa shape index (κ2) is 12.7. The molecule has 0 unspecified atom stereocenters. The van der Waals surface area contributed by atoms with Gasteiger partial charge in [0.1, 0.15) is 11.5 Å². The van der Waals surface area contributed by atoms with Crippen LogP contribution in [0, 0.1) is 11.7 Å². The molecule has 0 atom stereocenters. The number of nitrogens with zero attached hydrogens (tertiary/aromatic N) is 4.